The third-order valence-electron chi connectivity index (χ3n) is 9.20. The van der Waals surface area contributed by atoms with Crippen LogP contribution in [0.5, 0.6) is 0 Å². The van der Waals surface area contributed by atoms with Gasteiger partial charge >= 0.3 is 19.8 Å². The normalized spacial score (nSPS) is 28.5. The fourth-order valence-corrected chi connectivity index (χ4v) is 6.01. The first-order chi connectivity index (χ1) is 28.2. The van der Waals surface area contributed by atoms with Crippen molar-refractivity contribution >= 4 is 55.3 Å². The second-order valence-corrected chi connectivity index (χ2v) is 16.3. The van der Waals surface area contributed by atoms with Crippen LogP contribution in [0.15, 0.2) is 36.5 Å². The highest BCUT2D eigenvalue weighted by Gasteiger charge is 2.41. The molecule has 344 valence electrons. The number of phosphoric acid groups is 1. The lowest BCUT2D eigenvalue weighted by atomic mass is 9.94. The van der Waals surface area contributed by atoms with Crippen LogP contribution in [0.25, 0.3) is 0 Å². The largest absolute Gasteiger partial charge is 0.481 e. The summed E-state index contributed by atoms with van der Waals surface area (Å²) in [7, 11) is -4.22. The Morgan fingerprint density at radius 2 is 1.59 bits per heavy atom. The number of phosphoric ester groups is 1. The van der Waals surface area contributed by atoms with Crippen molar-refractivity contribution in [1.29, 1.82) is 5.41 Å². The molecule has 0 radical (unpaired) electrons. The summed E-state index contributed by atoms with van der Waals surface area (Å²) in [4.78, 5) is 113. The van der Waals surface area contributed by atoms with Gasteiger partial charge in [0.05, 0.1) is 25.2 Å². The van der Waals surface area contributed by atoms with Gasteiger partial charge in [-0.25, -0.2) is 9.36 Å². The van der Waals surface area contributed by atoms with Crippen molar-refractivity contribution in [2.24, 2.45) is 29.4 Å². The molecular formula is C37H60N7O16P. The highest BCUT2D eigenvalue weighted by Crippen LogP contribution is 2.36. The number of rotatable bonds is 10. The van der Waals surface area contributed by atoms with E-state index in [-0.39, 0.29) is 12.3 Å². The van der Waals surface area contributed by atoms with Gasteiger partial charge in [-0.15, -0.1) is 0 Å². The van der Waals surface area contributed by atoms with Crippen LogP contribution in [-0.4, -0.2) is 146 Å². The smallest absolute Gasteiger partial charge is 0.469 e. The number of carboxylic acids is 1. The second kappa shape index (κ2) is 24.9. The summed E-state index contributed by atoms with van der Waals surface area (Å²) in [6.07, 6.45) is 2.94. The number of amides is 5. The van der Waals surface area contributed by atoms with E-state index in [0.717, 1.165) is 31.9 Å². The Hall–Kier alpha value is -5.19. The number of carboxylic acid groups (broad SMARTS) is 1. The molecule has 24 heteroatoms. The van der Waals surface area contributed by atoms with Gasteiger partial charge in [0.2, 0.25) is 23.6 Å². The van der Waals surface area contributed by atoms with E-state index in [1.807, 2.05) is 13.8 Å². The van der Waals surface area contributed by atoms with Crippen molar-refractivity contribution < 1.29 is 77.2 Å². The maximum Gasteiger partial charge on any atom is 0.469 e. The highest BCUT2D eigenvalue weighted by molar-refractivity contribution is 7.46. The number of nitrogens with two attached hydrogens (primary N) is 1. The molecule has 5 amide bonds. The number of β-amino-alcohol motifs (C(OH)–C–C–N with tert-alkyl or cyclic N) is 1. The van der Waals surface area contributed by atoms with E-state index in [4.69, 9.17) is 20.6 Å². The van der Waals surface area contributed by atoms with E-state index in [9.17, 15) is 63.2 Å². The molecule has 0 bridgehead atoms. The molecule has 23 nitrogen and oxygen atoms in total. The molecule has 0 aromatic heterocycles. The Balaban J connectivity index is 3.94. The average Bonchev–Trinajstić information content (AvgIpc) is 3.15. The van der Waals surface area contributed by atoms with Crippen LogP contribution in [0.1, 0.15) is 54.9 Å². The number of aliphatic carboxylic acids is 1. The Morgan fingerprint density at radius 3 is 2.13 bits per heavy atom. The van der Waals surface area contributed by atoms with E-state index in [0.29, 0.717) is 0 Å². The predicted octanol–water partition coefficient (Wildman–Crippen LogP) is -1.83. The van der Waals surface area contributed by atoms with E-state index >= 15 is 0 Å². The fourth-order valence-electron chi connectivity index (χ4n) is 5.66. The van der Waals surface area contributed by atoms with Crippen LogP contribution in [0, 0.1) is 29.1 Å². The van der Waals surface area contributed by atoms with Gasteiger partial charge in [0.1, 0.15) is 42.5 Å². The summed E-state index contributed by atoms with van der Waals surface area (Å²) >= 11 is 0. The van der Waals surface area contributed by atoms with Gasteiger partial charge in [0.15, 0.2) is 0 Å². The van der Waals surface area contributed by atoms with E-state index in [2.05, 4.69) is 25.8 Å². The number of nitrogens with one attached hydrogen (secondary N) is 5. The van der Waals surface area contributed by atoms with Crippen LogP contribution < -0.4 is 27.0 Å². The number of allylic oxidation sites excluding steroid dienone is 3. The molecule has 12 N–H and O–H groups in total. The van der Waals surface area contributed by atoms with Crippen molar-refractivity contribution in [3.63, 3.8) is 0 Å². The molecule has 1 aliphatic rings. The van der Waals surface area contributed by atoms with E-state index < -0.39 is 135 Å². The summed E-state index contributed by atoms with van der Waals surface area (Å²) in [5.74, 6) is -11.9. The molecule has 0 aromatic carbocycles. The predicted molar refractivity (Wildman–Crippen MR) is 215 cm³/mol. The maximum atomic E-state index is 14.1. The Bertz CT molecular complexity index is 1720. The monoisotopic (exact) mass is 889 g/mol. The van der Waals surface area contributed by atoms with Crippen LogP contribution >= 0.6 is 7.82 Å². The second-order valence-electron chi connectivity index (χ2n) is 15.0. The number of esters is 1. The van der Waals surface area contributed by atoms with Crippen molar-refractivity contribution in [3.8, 4) is 0 Å². The average molecular weight is 890 g/mol. The van der Waals surface area contributed by atoms with Crippen molar-refractivity contribution in [3.05, 3.63) is 36.5 Å². The van der Waals surface area contributed by atoms with Gasteiger partial charge in [-0.1, -0.05) is 58.9 Å². The number of hydrogen-bond acceptors (Lipinski definition) is 14. The Labute approximate surface area is 353 Å². The quantitative estimate of drug-likeness (QED) is 0.0378. The van der Waals surface area contributed by atoms with Gasteiger partial charge in [-0.2, -0.15) is 0 Å². The third kappa shape index (κ3) is 18.5. The fraction of sp³-hybridized carbons (Fsp3) is 0.622. The Morgan fingerprint density at radius 1 is 1.00 bits per heavy atom. The first-order valence-corrected chi connectivity index (χ1v) is 20.7. The van der Waals surface area contributed by atoms with Crippen LogP contribution in [0.2, 0.25) is 0 Å². The molecule has 4 unspecified atom stereocenters. The zero-order valence-corrected chi connectivity index (χ0v) is 36.1. The first-order valence-electron chi connectivity index (χ1n) is 19.2. The molecule has 0 aliphatic carbocycles. The molecule has 1 aliphatic heterocycles. The minimum absolute atomic E-state index is 0.0182. The zero-order valence-electron chi connectivity index (χ0n) is 35.2. The number of amidine groups is 1. The molecule has 0 saturated carbocycles. The molecule has 1 heterocycles. The molecule has 0 saturated heterocycles. The summed E-state index contributed by atoms with van der Waals surface area (Å²) < 4.78 is 27.2. The van der Waals surface area contributed by atoms with Crippen LogP contribution in [0.3, 0.4) is 0 Å². The number of aliphatic hydroxyl groups is 2. The number of aliphatic hydroxyl groups excluding tert-OH is 2. The lowest BCUT2D eigenvalue weighted by molar-refractivity contribution is -0.163. The van der Waals surface area contributed by atoms with Gasteiger partial charge in [0.25, 0.3) is 11.9 Å². The lowest BCUT2D eigenvalue weighted by Gasteiger charge is -2.35. The lowest BCUT2D eigenvalue weighted by Crippen LogP contribution is -2.63. The number of hydrogen-bond donors (Lipinski definition) is 11. The Kier molecular flexibility index (Phi) is 22.0. The summed E-state index contributed by atoms with van der Waals surface area (Å²) in [5, 5.41) is 47.6. The molecule has 1 rings (SSSR count). The number of ether oxygens (including phenoxy) is 2. The summed E-state index contributed by atoms with van der Waals surface area (Å²) in [6, 6.07) is -8.47. The van der Waals surface area contributed by atoms with Crippen molar-refractivity contribution in [2.75, 3.05) is 20.2 Å². The maximum absolute atomic E-state index is 14.1. The van der Waals surface area contributed by atoms with Gasteiger partial charge in [-0.05, 0) is 38.2 Å². The van der Waals surface area contributed by atoms with Gasteiger partial charge < -0.3 is 66.5 Å². The molecule has 61 heavy (non-hydrogen) atoms. The SMILES string of the molecule is CC(C)/C=C/C1OC(=O)[C@H](C(C)C)N(C)C(=O)C(COP(=O)(O)O)NC(=O)[C@H]([C@@H](C)C(=O)O)NC(=O)[C@@H]([C@@H](C)OC(=N)N)NC(=O)[C@H](O)CNC(=O)/C=C/C=C/CC(O)C1C. The standard InChI is InChI=1S/C37H60N7O16P/c1-18(2)14-15-26-20(5)24(45)12-10-9-11-13-27(47)40-16-25(46)31(48)43-29(22(7)59-37(38)39)33(50)42-28(21(6)35(52)53)32(49)41-23(17-58-61(55,56)57)34(51)44(8)30(19(3)4)36(54)60-26/h9-11,13-15,18-26,28-30,45-46H,12,16-17H2,1-8H3,(H3,38,39)(H,40,47)(H,41,49)(H,42,50)(H,43,48)(H,52,53)(H2,55,56,57)/b10-9+,13-11+,15-14+/t20?,21-,22-,23?,24?,25-,26?,28+,29-,30+/m1/s1. The minimum atomic E-state index is -5.35. The van der Waals surface area contributed by atoms with Crippen molar-refractivity contribution in [2.45, 2.75) is 103 Å². The van der Waals surface area contributed by atoms with Gasteiger partial charge in [-0.3, -0.25) is 38.7 Å². The molecule has 0 spiro atoms. The minimum Gasteiger partial charge on any atom is -0.481 e. The number of likely N-dealkylation sites (N-methyl/N-ethyl adjacent to an activating group) is 1. The van der Waals surface area contributed by atoms with Crippen molar-refractivity contribution in [1.82, 2.24) is 26.2 Å². The number of cyclic esters (lactones) is 1. The van der Waals surface area contributed by atoms with Gasteiger partial charge in [0, 0.05) is 19.0 Å². The zero-order chi connectivity index (χ0) is 46.9. The first kappa shape index (κ1) is 53.8. The molecule has 0 aromatic rings. The molecule has 0 fully saturated rings. The molecular weight excluding hydrogens is 829 g/mol. The number of carbonyl (C=O) groups excluding carboxylic acids is 6. The number of carbonyl (C=O) groups is 7. The van der Waals surface area contributed by atoms with E-state index in [1.54, 1.807) is 32.9 Å². The molecule has 10 atom stereocenters. The van der Waals surface area contributed by atoms with Crippen LogP contribution in [-0.2, 0) is 52.1 Å². The van der Waals surface area contributed by atoms with Crippen LogP contribution in [0.4, 0.5) is 0 Å². The topological polar surface area (TPSA) is 367 Å². The summed E-state index contributed by atoms with van der Waals surface area (Å²) in [5.41, 5.74) is 5.31. The highest BCUT2D eigenvalue weighted by atomic mass is 31.2. The van der Waals surface area contributed by atoms with E-state index in [1.165, 1.54) is 18.2 Å². The number of nitrogens with zero attached hydrogens (tertiary/aromatic N) is 1. The summed E-state index contributed by atoms with van der Waals surface area (Å²) in [6.45, 7) is 8.63. The third-order valence-corrected chi connectivity index (χ3v) is 9.69.